The molecule has 2 aliphatic rings. The summed E-state index contributed by atoms with van der Waals surface area (Å²) < 4.78 is 2.05. The summed E-state index contributed by atoms with van der Waals surface area (Å²) >= 11 is 6.40. The van der Waals surface area contributed by atoms with E-state index in [4.69, 9.17) is 11.6 Å². The quantitative estimate of drug-likeness (QED) is 0.927. The third kappa shape index (κ3) is 2.28. The average molecular weight is 297 g/mol. The molecular weight excluding hydrogens is 272 g/mol. The Bertz CT molecular complexity index is 458. The van der Waals surface area contributed by atoms with Crippen molar-refractivity contribution >= 4 is 11.6 Å². The van der Waals surface area contributed by atoms with Crippen molar-refractivity contribution in [2.24, 2.45) is 5.92 Å². The zero-order valence-electron chi connectivity index (χ0n) is 12.6. The Morgan fingerprint density at radius 2 is 2.05 bits per heavy atom. The van der Waals surface area contributed by atoms with Gasteiger partial charge < -0.3 is 10.2 Å². The molecule has 2 bridgehead atoms. The van der Waals surface area contributed by atoms with Gasteiger partial charge in [0.05, 0.1) is 23.0 Å². The summed E-state index contributed by atoms with van der Waals surface area (Å²) in [6.45, 7) is 3.00. The molecule has 20 heavy (non-hydrogen) atoms. The van der Waals surface area contributed by atoms with Gasteiger partial charge in [-0.2, -0.15) is 5.10 Å². The van der Waals surface area contributed by atoms with Crippen LogP contribution >= 0.6 is 11.6 Å². The second kappa shape index (κ2) is 5.66. The minimum absolute atomic E-state index is 0.321. The maximum Gasteiger partial charge on any atom is 0.0834 e. The summed E-state index contributed by atoms with van der Waals surface area (Å²) in [5, 5.41) is 8.71. The molecule has 2 saturated heterocycles. The highest BCUT2D eigenvalue weighted by atomic mass is 35.5. The van der Waals surface area contributed by atoms with Crippen LogP contribution in [0.5, 0.6) is 0 Å². The number of halogens is 1. The molecule has 5 heteroatoms. The molecule has 0 aliphatic carbocycles. The molecule has 0 spiro atoms. The molecular formula is C15H25ClN4. The number of piperidine rings is 1. The van der Waals surface area contributed by atoms with Crippen molar-refractivity contribution in [1.82, 2.24) is 20.0 Å². The van der Waals surface area contributed by atoms with Crippen LogP contribution in [0.4, 0.5) is 0 Å². The second-order valence-corrected chi connectivity index (χ2v) is 6.65. The summed E-state index contributed by atoms with van der Waals surface area (Å²) in [6, 6.07) is 1.83. The molecule has 1 N–H and O–H groups in total. The van der Waals surface area contributed by atoms with Gasteiger partial charge in [0.25, 0.3) is 0 Å². The van der Waals surface area contributed by atoms with Crippen molar-refractivity contribution in [2.45, 2.75) is 57.3 Å². The monoisotopic (exact) mass is 296 g/mol. The van der Waals surface area contributed by atoms with Crippen LogP contribution in [0, 0.1) is 5.92 Å². The number of nitrogens with one attached hydrogen (secondary N) is 1. The van der Waals surface area contributed by atoms with Gasteiger partial charge in [0.2, 0.25) is 0 Å². The molecule has 1 aromatic rings. The van der Waals surface area contributed by atoms with Crippen LogP contribution in [0.2, 0.25) is 5.02 Å². The van der Waals surface area contributed by atoms with Gasteiger partial charge in [-0.05, 0) is 52.6 Å². The molecule has 1 aromatic heterocycles. The third-order valence-corrected chi connectivity index (χ3v) is 5.64. The molecule has 0 aromatic carbocycles. The first kappa shape index (κ1) is 14.4. The number of aromatic nitrogens is 2. The van der Waals surface area contributed by atoms with Crippen LogP contribution in [0.1, 0.15) is 44.3 Å². The molecule has 2 fully saturated rings. The average Bonchev–Trinajstić information content (AvgIpc) is 2.88. The Balaban J connectivity index is 1.85. The number of hydrogen-bond acceptors (Lipinski definition) is 3. The SMILES string of the molecule is CCn1ncc(Cl)c1C(NC)C1CC2CCC(C1)N2C. The summed E-state index contributed by atoms with van der Waals surface area (Å²) in [6.07, 6.45) is 7.03. The van der Waals surface area contributed by atoms with E-state index in [1.807, 2.05) is 11.7 Å². The van der Waals surface area contributed by atoms with Crippen LogP contribution in [-0.2, 0) is 6.54 Å². The zero-order chi connectivity index (χ0) is 14.3. The standard InChI is InChI=1S/C15H25ClN4/c1-4-20-15(13(16)9-18-20)14(17-2)10-7-11-5-6-12(8-10)19(11)3/h9-12,14,17H,4-8H2,1-3H3. The first-order valence-electron chi connectivity index (χ1n) is 7.76. The first-order chi connectivity index (χ1) is 9.65. The van der Waals surface area contributed by atoms with E-state index >= 15 is 0 Å². The predicted molar refractivity (Wildman–Crippen MR) is 82.0 cm³/mol. The third-order valence-electron chi connectivity index (χ3n) is 5.34. The van der Waals surface area contributed by atoms with E-state index in [1.54, 1.807) is 6.20 Å². The van der Waals surface area contributed by atoms with Gasteiger partial charge in [-0.3, -0.25) is 4.68 Å². The first-order valence-corrected chi connectivity index (χ1v) is 8.13. The molecule has 0 radical (unpaired) electrons. The maximum absolute atomic E-state index is 6.40. The van der Waals surface area contributed by atoms with E-state index in [1.165, 1.54) is 31.4 Å². The van der Waals surface area contributed by atoms with Gasteiger partial charge in [-0.15, -0.1) is 0 Å². The lowest BCUT2D eigenvalue weighted by Crippen LogP contribution is -2.43. The topological polar surface area (TPSA) is 33.1 Å². The van der Waals surface area contributed by atoms with Gasteiger partial charge in [0, 0.05) is 18.6 Å². The Morgan fingerprint density at radius 3 is 2.60 bits per heavy atom. The molecule has 3 heterocycles. The predicted octanol–water partition coefficient (Wildman–Crippen LogP) is 2.69. The number of aryl methyl sites for hydroxylation is 1. The van der Waals surface area contributed by atoms with Crippen molar-refractivity contribution in [1.29, 1.82) is 0 Å². The van der Waals surface area contributed by atoms with Crippen molar-refractivity contribution < 1.29 is 0 Å². The lowest BCUT2D eigenvalue weighted by atomic mass is 9.83. The van der Waals surface area contributed by atoms with Gasteiger partial charge in [0.15, 0.2) is 0 Å². The van der Waals surface area contributed by atoms with Crippen LogP contribution < -0.4 is 5.32 Å². The van der Waals surface area contributed by atoms with Crippen LogP contribution in [0.25, 0.3) is 0 Å². The Kier molecular flexibility index (Phi) is 4.07. The van der Waals surface area contributed by atoms with Gasteiger partial charge in [-0.25, -0.2) is 0 Å². The largest absolute Gasteiger partial charge is 0.311 e. The van der Waals surface area contributed by atoms with Crippen LogP contribution in [-0.4, -0.2) is 40.9 Å². The lowest BCUT2D eigenvalue weighted by Gasteiger charge is -2.40. The summed E-state index contributed by atoms with van der Waals surface area (Å²) in [7, 11) is 4.34. The maximum atomic E-state index is 6.40. The Labute approximate surface area is 126 Å². The molecule has 3 unspecified atom stereocenters. The van der Waals surface area contributed by atoms with E-state index < -0.39 is 0 Å². The number of nitrogens with zero attached hydrogens (tertiary/aromatic N) is 3. The van der Waals surface area contributed by atoms with Crippen LogP contribution in [0.15, 0.2) is 6.20 Å². The van der Waals surface area contributed by atoms with Gasteiger partial charge in [-0.1, -0.05) is 11.6 Å². The van der Waals surface area contributed by atoms with Gasteiger partial charge in [0.1, 0.15) is 0 Å². The Morgan fingerprint density at radius 1 is 1.40 bits per heavy atom. The zero-order valence-corrected chi connectivity index (χ0v) is 13.4. The smallest absolute Gasteiger partial charge is 0.0834 e. The summed E-state index contributed by atoms with van der Waals surface area (Å²) in [4.78, 5) is 2.59. The molecule has 3 rings (SSSR count). The van der Waals surface area contributed by atoms with Crippen molar-refractivity contribution in [3.05, 3.63) is 16.9 Å². The molecule has 0 saturated carbocycles. The number of rotatable bonds is 4. The molecule has 4 nitrogen and oxygen atoms in total. The number of hydrogen-bond donors (Lipinski definition) is 1. The summed E-state index contributed by atoms with van der Waals surface area (Å²) in [5.41, 5.74) is 1.17. The minimum atomic E-state index is 0.321. The lowest BCUT2D eigenvalue weighted by molar-refractivity contribution is 0.112. The van der Waals surface area contributed by atoms with E-state index in [0.717, 1.165) is 23.7 Å². The molecule has 112 valence electrons. The van der Waals surface area contributed by atoms with E-state index in [2.05, 4.69) is 29.3 Å². The molecule has 0 amide bonds. The highest BCUT2D eigenvalue weighted by Crippen LogP contribution is 2.43. The van der Waals surface area contributed by atoms with E-state index in [9.17, 15) is 0 Å². The van der Waals surface area contributed by atoms with Gasteiger partial charge >= 0.3 is 0 Å². The molecule has 2 aliphatic heterocycles. The summed E-state index contributed by atoms with van der Waals surface area (Å²) in [5.74, 6) is 0.660. The van der Waals surface area contributed by atoms with Crippen molar-refractivity contribution in [3.8, 4) is 0 Å². The van der Waals surface area contributed by atoms with E-state index in [0.29, 0.717) is 12.0 Å². The van der Waals surface area contributed by atoms with Crippen LogP contribution in [0.3, 0.4) is 0 Å². The fourth-order valence-corrected chi connectivity index (χ4v) is 4.51. The van der Waals surface area contributed by atoms with Crippen molar-refractivity contribution in [2.75, 3.05) is 14.1 Å². The second-order valence-electron chi connectivity index (χ2n) is 6.24. The highest BCUT2D eigenvalue weighted by Gasteiger charge is 2.42. The Hall–Kier alpha value is -0.580. The fourth-order valence-electron chi connectivity index (χ4n) is 4.25. The number of fused-ring (bicyclic) bond motifs is 2. The van der Waals surface area contributed by atoms with Crippen molar-refractivity contribution in [3.63, 3.8) is 0 Å². The minimum Gasteiger partial charge on any atom is -0.311 e. The molecule has 3 atom stereocenters. The fraction of sp³-hybridized carbons (Fsp3) is 0.800. The highest BCUT2D eigenvalue weighted by molar-refractivity contribution is 6.31. The van der Waals surface area contributed by atoms with E-state index in [-0.39, 0.29) is 0 Å². The normalized spacial score (nSPS) is 31.7.